The number of carboxylic acid groups (broad SMARTS) is 2. The Bertz CT molecular complexity index is 684. The molecule has 140 valence electrons. The van der Waals surface area contributed by atoms with E-state index in [1.165, 1.54) is 11.1 Å². The Hall–Kier alpha value is -2.86. The van der Waals surface area contributed by atoms with Crippen molar-refractivity contribution in [2.75, 3.05) is 20.2 Å². The number of ether oxygens (including phenoxy) is 1. The number of nitrogens with one attached hydrogen (secondary N) is 1. The minimum atomic E-state index is -1.82. The molecule has 0 bridgehead atoms. The molecule has 0 heterocycles. The van der Waals surface area contributed by atoms with Gasteiger partial charge in [0.25, 0.3) is 0 Å². The number of carboxylic acids is 2. The number of rotatable bonds is 6. The Morgan fingerprint density at radius 1 is 0.923 bits per heavy atom. The molecule has 0 aliphatic heterocycles. The second-order valence-electron chi connectivity index (χ2n) is 6.08. The van der Waals surface area contributed by atoms with E-state index < -0.39 is 11.9 Å². The van der Waals surface area contributed by atoms with Crippen LogP contribution < -0.4 is 10.1 Å². The summed E-state index contributed by atoms with van der Waals surface area (Å²) in [5.74, 6) is -2.72. The first kappa shape index (κ1) is 21.2. The highest BCUT2D eigenvalue weighted by Crippen LogP contribution is 2.32. The quantitative estimate of drug-likeness (QED) is 0.542. The first-order valence-corrected chi connectivity index (χ1v) is 8.18. The standard InChI is InChI=1S/C18H23NO.C2H2O4/c1-18(2,15-7-5-4-6-8-15)16-9-11-17(12-10-16)20-14-13-19-3;3-1(4)2(5)6/h4-12,19H,13-14H2,1-3H3;(H,3,4)(H,5,6). The van der Waals surface area contributed by atoms with Gasteiger partial charge in [0.15, 0.2) is 0 Å². The van der Waals surface area contributed by atoms with Gasteiger partial charge in [-0.3, -0.25) is 0 Å². The molecular formula is C20H25NO5. The molecular weight excluding hydrogens is 334 g/mol. The van der Waals surface area contributed by atoms with Crippen molar-refractivity contribution in [3.63, 3.8) is 0 Å². The molecule has 26 heavy (non-hydrogen) atoms. The molecule has 0 amide bonds. The lowest BCUT2D eigenvalue weighted by Gasteiger charge is -2.26. The minimum absolute atomic E-state index is 0.00473. The zero-order valence-electron chi connectivity index (χ0n) is 15.2. The fraction of sp³-hybridized carbons (Fsp3) is 0.300. The van der Waals surface area contributed by atoms with Gasteiger partial charge in [-0.25, -0.2) is 9.59 Å². The van der Waals surface area contributed by atoms with Gasteiger partial charge in [0, 0.05) is 12.0 Å². The summed E-state index contributed by atoms with van der Waals surface area (Å²) in [5, 5.41) is 17.9. The van der Waals surface area contributed by atoms with E-state index in [2.05, 4.69) is 73.8 Å². The van der Waals surface area contributed by atoms with Crippen molar-refractivity contribution in [2.24, 2.45) is 0 Å². The number of carbonyl (C=O) groups is 2. The third-order valence-electron chi connectivity index (χ3n) is 3.88. The molecule has 2 aromatic rings. The van der Waals surface area contributed by atoms with E-state index >= 15 is 0 Å². The average Bonchev–Trinajstić information content (AvgIpc) is 2.63. The topological polar surface area (TPSA) is 95.9 Å². The Labute approximate surface area is 153 Å². The second-order valence-corrected chi connectivity index (χ2v) is 6.08. The molecule has 0 aliphatic carbocycles. The zero-order valence-corrected chi connectivity index (χ0v) is 15.2. The number of likely N-dealkylation sites (N-methyl/N-ethyl adjacent to an activating group) is 1. The Kier molecular flexibility index (Phi) is 8.31. The SMILES string of the molecule is CNCCOc1ccc(C(C)(C)c2ccccc2)cc1.O=C(O)C(=O)O. The van der Waals surface area contributed by atoms with Gasteiger partial charge in [0.05, 0.1) is 0 Å². The van der Waals surface area contributed by atoms with E-state index in [0.29, 0.717) is 6.61 Å². The smallest absolute Gasteiger partial charge is 0.414 e. The number of aliphatic carboxylic acids is 2. The maximum Gasteiger partial charge on any atom is 0.414 e. The van der Waals surface area contributed by atoms with Gasteiger partial charge in [0.1, 0.15) is 12.4 Å². The maximum absolute atomic E-state index is 9.10. The molecule has 0 aromatic heterocycles. The van der Waals surface area contributed by atoms with Crippen LogP contribution in [0.2, 0.25) is 0 Å². The van der Waals surface area contributed by atoms with E-state index in [1.807, 2.05) is 7.05 Å². The molecule has 6 nitrogen and oxygen atoms in total. The normalized spacial score (nSPS) is 10.4. The number of hydrogen-bond acceptors (Lipinski definition) is 4. The van der Waals surface area contributed by atoms with Crippen molar-refractivity contribution in [1.29, 1.82) is 0 Å². The molecule has 0 spiro atoms. The number of benzene rings is 2. The van der Waals surface area contributed by atoms with Crippen molar-refractivity contribution in [3.05, 3.63) is 65.7 Å². The van der Waals surface area contributed by atoms with Gasteiger partial charge < -0.3 is 20.3 Å². The summed E-state index contributed by atoms with van der Waals surface area (Å²) in [5.41, 5.74) is 2.62. The Morgan fingerprint density at radius 2 is 1.42 bits per heavy atom. The summed E-state index contributed by atoms with van der Waals surface area (Å²) in [6, 6.07) is 19.0. The Balaban J connectivity index is 0.000000487. The van der Waals surface area contributed by atoms with Crippen LogP contribution in [0.25, 0.3) is 0 Å². The fourth-order valence-electron chi connectivity index (χ4n) is 2.26. The van der Waals surface area contributed by atoms with Crippen molar-refractivity contribution in [1.82, 2.24) is 5.32 Å². The highest BCUT2D eigenvalue weighted by molar-refractivity contribution is 6.27. The van der Waals surface area contributed by atoms with Gasteiger partial charge in [-0.2, -0.15) is 0 Å². The molecule has 6 heteroatoms. The largest absolute Gasteiger partial charge is 0.492 e. The van der Waals surface area contributed by atoms with Gasteiger partial charge in [0.2, 0.25) is 0 Å². The van der Waals surface area contributed by atoms with Gasteiger partial charge in [-0.15, -0.1) is 0 Å². The lowest BCUT2D eigenvalue weighted by molar-refractivity contribution is -0.159. The van der Waals surface area contributed by atoms with E-state index in [1.54, 1.807) is 0 Å². The van der Waals surface area contributed by atoms with Crippen molar-refractivity contribution < 1.29 is 24.5 Å². The van der Waals surface area contributed by atoms with Crippen molar-refractivity contribution >= 4 is 11.9 Å². The molecule has 0 saturated carbocycles. The molecule has 0 fully saturated rings. The summed E-state index contributed by atoms with van der Waals surface area (Å²) in [6.45, 7) is 6.05. The molecule has 2 rings (SSSR count). The lowest BCUT2D eigenvalue weighted by Crippen LogP contribution is -2.19. The first-order chi connectivity index (χ1) is 12.3. The summed E-state index contributed by atoms with van der Waals surface area (Å²) < 4.78 is 5.66. The van der Waals surface area contributed by atoms with Crippen LogP contribution >= 0.6 is 0 Å². The maximum atomic E-state index is 9.10. The molecule has 0 atom stereocenters. The van der Waals surface area contributed by atoms with Crippen molar-refractivity contribution in [2.45, 2.75) is 19.3 Å². The fourth-order valence-corrected chi connectivity index (χ4v) is 2.26. The minimum Gasteiger partial charge on any atom is -0.492 e. The Morgan fingerprint density at radius 3 is 1.88 bits per heavy atom. The zero-order chi connectivity index (χ0) is 19.6. The van der Waals surface area contributed by atoms with Crippen LogP contribution in [0.5, 0.6) is 5.75 Å². The van der Waals surface area contributed by atoms with Gasteiger partial charge in [-0.1, -0.05) is 56.3 Å². The van der Waals surface area contributed by atoms with E-state index in [9.17, 15) is 0 Å². The molecule has 0 saturated heterocycles. The predicted molar refractivity (Wildman–Crippen MR) is 99.7 cm³/mol. The van der Waals surface area contributed by atoms with Crippen LogP contribution in [0.4, 0.5) is 0 Å². The van der Waals surface area contributed by atoms with Crippen molar-refractivity contribution in [3.8, 4) is 5.75 Å². The number of hydrogen-bond donors (Lipinski definition) is 3. The van der Waals surface area contributed by atoms with Crippen LogP contribution in [-0.2, 0) is 15.0 Å². The summed E-state index contributed by atoms with van der Waals surface area (Å²) in [7, 11) is 1.93. The van der Waals surface area contributed by atoms with Crippen LogP contribution in [0.15, 0.2) is 54.6 Å². The van der Waals surface area contributed by atoms with Gasteiger partial charge in [-0.05, 0) is 30.3 Å². The second kappa shape index (κ2) is 10.2. The van der Waals surface area contributed by atoms with Crippen LogP contribution in [0.1, 0.15) is 25.0 Å². The average molecular weight is 359 g/mol. The molecule has 0 unspecified atom stereocenters. The van der Waals surface area contributed by atoms with Gasteiger partial charge >= 0.3 is 11.9 Å². The first-order valence-electron chi connectivity index (χ1n) is 8.18. The lowest BCUT2D eigenvalue weighted by atomic mass is 9.78. The van der Waals surface area contributed by atoms with Crippen LogP contribution in [-0.4, -0.2) is 42.4 Å². The third-order valence-corrected chi connectivity index (χ3v) is 3.88. The molecule has 0 radical (unpaired) electrons. The highest BCUT2D eigenvalue weighted by Gasteiger charge is 2.22. The predicted octanol–water partition coefficient (Wildman–Crippen LogP) is 2.77. The van der Waals surface area contributed by atoms with E-state index in [0.717, 1.165) is 12.3 Å². The summed E-state index contributed by atoms with van der Waals surface area (Å²) >= 11 is 0. The van der Waals surface area contributed by atoms with E-state index in [-0.39, 0.29) is 5.41 Å². The molecule has 3 N–H and O–H groups in total. The highest BCUT2D eigenvalue weighted by atomic mass is 16.5. The summed E-state index contributed by atoms with van der Waals surface area (Å²) in [6.07, 6.45) is 0. The van der Waals surface area contributed by atoms with E-state index in [4.69, 9.17) is 24.5 Å². The third kappa shape index (κ3) is 6.57. The van der Waals surface area contributed by atoms with Crippen LogP contribution in [0.3, 0.4) is 0 Å². The summed E-state index contributed by atoms with van der Waals surface area (Å²) in [4.78, 5) is 18.2. The molecule has 2 aromatic carbocycles. The molecule has 0 aliphatic rings. The van der Waals surface area contributed by atoms with Crippen LogP contribution in [0, 0.1) is 0 Å². The monoisotopic (exact) mass is 359 g/mol.